The topological polar surface area (TPSA) is 32.5 Å². The maximum Gasteiger partial charge on any atom is 0.0424 e. The molecular weight excluding hydrogens is 222 g/mol. The van der Waals surface area contributed by atoms with E-state index in [1.54, 1.807) is 0 Å². The third-order valence-electron chi connectivity index (χ3n) is 3.94. The first kappa shape index (κ1) is 13.5. The number of nitrogens with two attached hydrogens (primary N) is 1. The second-order valence-corrected chi connectivity index (χ2v) is 5.52. The summed E-state index contributed by atoms with van der Waals surface area (Å²) < 4.78 is 0. The Labute approximate surface area is 111 Å². The molecule has 2 unspecified atom stereocenters. The van der Waals surface area contributed by atoms with Gasteiger partial charge in [0.2, 0.25) is 0 Å². The van der Waals surface area contributed by atoms with Crippen molar-refractivity contribution in [2.45, 2.75) is 24.9 Å². The molecular formula is C15H25N3. The van der Waals surface area contributed by atoms with E-state index < -0.39 is 0 Å². The molecule has 1 aromatic rings. The average molecular weight is 247 g/mol. The maximum absolute atomic E-state index is 6.28. The van der Waals surface area contributed by atoms with Gasteiger partial charge in [-0.3, -0.25) is 0 Å². The summed E-state index contributed by atoms with van der Waals surface area (Å²) >= 11 is 0. The van der Waals surface area contributed by atoms with Crippen LogP contribution in [-0.2, 0) is 0 Å². The summed E-state index contributed by atoms with van der Waals surface area (Å²) in [7, 11) is 4.41. The molecule has 2 atom stereocenters. The minimum absolute atomic E-state index is 0.114. The SMILES string of the molecule is CN1CCCC(N(C)CC(N)c2ccccc2)C1. The third kappa shape index (κ3) is 3.55. The fourth-order valence-electron chi connectivity index (χ4n) is 2.76. The van der Waals surface area contributed by atoms with Crippen molar-refractivity contribution in [3.05, 3.63) is 35.9 Å². The molecule has 0 radical (unpaired) electrons. The van der Waals surface area contributed by atoms with Gasteiger partial charge in [-0.2, -0.15) is 0 Å². The second-order valence-electron chi connectivity index (χ2n) is 5.52. The Morgan fingerprint density at radius 1 is 1.39 bits per heavy atom. The van der Waals surface area contributed by atoms with Crippen LogP contribution >= 0.6 is 0 Å². The van der Waals surface area contributed by atoms with Crippen molar-refractivity contribution in [2.24, 2.45) is 5.73 Å². The zero-order valence-electron chi connectivity index (χ0n) is 11.5. The predicted octanol–water partition coefficient (Wildman–Crippen LogP) is 1.71. The lowest BCUT2D eigenvalue weighted by Crippen LogP contribution is -2.46. The molecule has 0 aliphatic carbocycles. The number of nitrogens with zero attached hydrogens (tertiary/aromatic N) is 2. The van der Waals surface area contributed by atoms with E-state index in [1.807, 2.05) is 6.07 Å². The molecule has 1 aliphatic rings. The van der Waals surface area contributed by atoms with Crippen molar-refractivity contribution >= 4 is 0 Å². The summed E-state index contributed by atoms with van der Waals surface area (Å²) in [5.74, 6) is 0. The molecule has 1 heterocycles. The van der Waals surface area contributed by atoms with Crippen molar-refractivity contribution in [2.75, 3.05) is 33.7 Å². The highest BCUT2D eigenvalue weighted by atomic mass is 15.2. The van der Waals surface area contributed by atoms with Gasteiger partial charge < -0.3 is 15.5 Å². The van der Waals surface area contributed by atoms with Gasteiger partial charge in [0.1, 0.15) is 0 Å². The Morgan fingerprint density at radius 3 is 2.78 bits per heavy atom. The number of likely N-dealkylation sites (tertiary alicyclic amines) is 1. The van der Waals surface area contributed by atoms with E-state index >= 15 is 0 Å². The number of piperidine rings is 1. The first-order valence-corrected chi connectivity index (χ1v) is 6.86. The van der Waals surface area contributed by atoms with Crippen molar-refractivity contribution in [1.29, 1.82) is 0 Å². The summed E-state index contributed by atoms with van der Waals surface area (Å²) in [5, 5.41) is 0. The van der Waals surface area contributed by atoms with E-state index in [-0.39, 0.29) is 6.04 Å². The lowest BCUT2D eigenvalue weighted by Gasteiger charge is -2.37. The standard InChI is InChI=1S/C15H25N3/c1-17-10-6-9-14(11-17)18(2)12-15(16)13-7-4-3-5-8-13/h3-5,7-8,14-15H,6,9-12,16H2,1-2H3. The summed E-state index contributed by atoms with van der Waals surface area (Å²) in [6.07, 6.45) is 2.59. The van der Waals surface area contributed by atoms with Crippen LogP contribution in [0.25, 0.3) is 0 Å². The molecule has 1 saturated heterocycles. The summed E-state index contributed by atoms with van der Waals surface area (Å²) in [5.41, 5.74) is 7.51. The van der Waals surface area contributed by atoms with E-state index in [0.29, 0.717) is 6.04 Å². The fourth-order valence-corrected chi connectivity index (χ4v) is 2.76. The Hall–Kier alpha value is -0.900. The van der Waals surface area contributed by atoms with Gasteiger partial charge in [0, 0.05) is 25.2 Å². The first-order valence-electron chi connectivity index (χ1n) is 6.86. The molecule has 0 saturated carbocycles. The van der Waals surface area contributed by atoms with Crippen LogP contribution in [0.15, 0.2) is 30.3 Å². The molecule has 1 aromatic carbocycles. The Kier molecular flexibility index (Phi) is 4.75. The summed E-state index contributed by atoms with van der Waals surface area (Å²) in [6, 6.07) is 11.2. The number of hydrogen-bond acceptors (Lipinski definition) is 3. The minimum atomic E-state index is 0.114. The first-order chi connectivity index (χ1) is 8.66. The lowest BCUT2D eigenvalue weighted by molar-refractivity contribution is 0.129. The highest BCUT2D eigenvalue weighted by molar-refractivity contribution is 5.18. The van der Waals surface area contributed by atoms with Crippen LogP contribution < -0.4 is 5.73 Å². The van der Waals surface area contributed by atoms with Gasteiger partial charge in [0.25, 0.3) is 0 Å². The minimum Gasteiger partial charge on any atom is -0.323 e. The van der Waals surface area contributed by atoms with Crippen molar-refractivity contribution < 1.29 is 0 Å². The molecule has 100 valence electrons. The maximum atomic E-state index is 6.28. The molecule has 1 fully saturated rings. The number of hydrogen-bond donors (Lipinski definition) is 1. The Morgan fingerprint density at radius 2 is 2.11 bits per heavy atom. The molecule has 3 heteroatoms. The van der Waals surface area contributed by atoms with Gasteiger partial charge >= 0.3 is 0 Å². The quantitative estimate of drug-likeness (QED) is 0.879. The molecule has 0 spiro atoms. The molecule has 18 heavy (non-hydrogen) atoms. The second kappa shape index (κ2) is 6.32. The van der Waals surface area contributed by atoms with Crippen LogP contribution in [0.2, 0.25) is 0 Å². The molecule has 2 rings (SSSR count). The largest absolute Gasteiger partial charge is 0.323 e. The van der Waals surface area contributed by atoms with Crippen LogP contribution in [-0.4, -0.2) is 49.6 Å². The van der Waals surface area contributed by atoms with Gasteiger partial charge in [0.05, 0.1) is 0 Å². The lowest BCUT2D eigenvalue weighted by atomic mass is 10.0. The summed E-state index contributed by atoms with van der Waals surface area (Å²) in [4.78, 5) is 4.84. The monoisotopic (exact) mass is 247 g/mol. The third-order valence-corrected chi connectivity index (χ3v) is 3.94. The van der Waals surface area contributed by atoms with Gasteiger partial charge in [-0.1, -0.05) is 30.3 Å². The molecule has 2 N–H and O–H groups in total. The van der Waals surface area contributed by atoms with Crippen LogP contribution in [0, 0.1) is 0 Å². The van der Waals surface area contributed by atoms with E-state index in [9.17, 15) is 0 Å². The van der Waals surface area contributed by atoms with Crippen LogP contribution in [0.1, 0.15) is 24.4 Å². The normalized spacial score (nSPS) is 23.2. The van der Waals surface area contributed by atoms with E-state index in [2.05, 4.69) is 48.2 Å². The molecule has 0 bridgehead atoms. The summed E-state index contributed by atoms with van der Waals surface area (Å²) in [6.45, 7) is 3.33. The molecule has 3 nitrogen and oxygen atoms in total. The molecule has 0 amide bonds. The van der Waals surface area contributed by atoms with Crippen LogP contribution in [0.4, 0.5) is 0 Å². The highest BCUT2D eigenvalue weighted by Crippen LogP contribution is 2.17. The average Bonchev–Trinajstić information content (AvgIpc) is 2.39. The van der Waals surface area contributed by atoms with Crippen LogP contribution in [0.3, 0.4) is 0 Å². The Bertz CT molecular complexity index is 352. The van der Waals surface area contributed by atoms with Gasteiger partial charge in [-0.15, -0.1) is 0 Å². The van der Waals surface area contributed by atoms with E-state index in [0.717, 1.165) is 13.1 Å². The van der Waals surface area contributed by atoms with Crippen molar-refractivity contribution in [3.63, 3.8) is 0 Å². The number of benzene rings is 1. The van der Waals surface area contributed by atoms with Crippen LogP contribution in [0.5, 0.6) is 0 Å². The van der Waals surface area contributed by atoms with Crippen molar-refractivity contribution in [3.8, 4) is 0 Å². The van der Waals surface area contributed by atoms with Crippen molar-refractivity contribution in [1.82, 2.24) is 9.80 Å². The smallest absolute Gasteiger partial charge is 0.0424 e. The van der Waals surface area contributed by atoms with E-state index in [4.69, 9.17) is 5.73 Å². The van der Waals surface area contributed by atoms with Gasteiger partial charge in [0.15, 0.2) is 0 Å². The van der Waals surface area contributed by atoms with Gasteiger partial charge in [-0.25, -0.2) is 0 Å². The predicted molar refractivity (Wildman–Crippen MR) is 76.5 cm³/mol. The fraction of sp³-hybridized carbons (Fsp3) is 0.600. The van der Waals surface area contributed by atoms with Gasteiger partial charge in [-0.05, 0) is 39.0 Å². The number of likely N-dealkylation sites (N-methyl/N-ethyl adjacent to an activating group) is 2. The zero-order valence-corrected chi connectivity index (χ0v) is 11.5. The molecule has 0 aromatic heterocycles. The van der Waals surface area contributed by atoms with E-state index in [1.165, 1.54) is 24.9 Å². The molecule has 1 aliphatic heterocycles. The Balaban J connectivity index is 1.88. The highest BCUT2D eigenvalue weighted by Gasteiger charge is 2.22. The zero-order chi connectivity index (χ0) is 13.0. The number of rotatable bonds is 4.